The van der Waals surface area contributed by atoms with Gasteiger partial charge in [-0.3, -0.25) is 4.79 Å². The summed E-state index contributed by atoms with van der Waals surface area (Å²) in [5.74, 6) is 0.231. The van der Waals surface area contributed by atoms with Gasteiger partial charge in [0.1, 0.15) is 4.88 Å². The number of aromatic nitrogens is 2. The Morgan fingerprint density at radius 2 is 2.17 bits per heavy atom. The summed E-state index contributed by atoms with van der Waals surface area (Å²) in [7, 11) is 0. The van der Waals surface area contributed by atoms with Gasteiger partial charge in [-0.05, 0) is 6.07 Å². The SMILES string of the molecule is Nc1ncc2c(n1)CCN(C(=O)c1sc3ccccc3c1Cl)C2. The first kappa shape index (κ1) is 14.4. The third-order valence-electron chi connectivity index (χ3n) is 3.97. The molecule has 0 aliphatic carbocycles. The van der Waals surface area contributed by atoms with Gasteiger partial charge in [0, 0.05) is 41.4 Å². The molecule has 0 atom stereocenters. The van der Waals surface area contributed by atoms with E-state index in [1.165, 1.54) is 11.3 Å². The number of halogens is 1. The van der Waals surface area contributed by atoms with Gasteiger partial charge in [-0.15, -0.1) is 11.3 Å². The summed E-state index contributed by atoms with van der Waals surface area (Å²) in [6.45, 7) is 1.09. The minimum Gasteiger partial charge on any atom is -0.368 e. The van der Waals surface area contributed by atoms with E-state index in [1.54, 1.807) is 11.1 Å². The Hall–Kier alpha value is -2.18. The van der Waals surface area contributed by atoms with Crippen molar-refractivity contribution in [2.45, 2.75) is 13.0 Å². The highest BCUT2D eigenvalue weighted by Gasteiger charge is 2.26. The lowest BCUT2D eigenvalue weighted by Crippen LogP contribution is -2.36. The van der Waals surface area contributed by atoms with Gasteiger partial charge in [-0.2, -0.15) is 0 Å². The highest BCUT2D eigenvalue weighted by molar-refractivity contribution is 7.21. The zero-order chi connectivity index (χ0) is 16.0. The molecule has 1 aliphatic rings. The Balaban J connectivity index is 1.67. The predicted molar refractivity (Wildman–Crippen MR) is 91.7 cm³/mol. The van der Waals surface area contributed by atoms with Crippen molar-refractivity contribution < 1.29 is 4.79 Å². The number of anilines is 1. The number of nitrogens with zero attached hydrogens (tertiary/aromatic N) is 3. The molecular weight excluding hydrogens is 332 g/mol. The van der Waals surface area contributed by atoms with Crippen LogP contribution >= 0.6 is 22.9 Å². The maximum atomic E-state index is 12.9. The predicted octanol–water partition coefficient (Wildman–Crippen LogP) is 3.13. The molecule has 0 fully saturated rings. The Morgan fingerprint density at radius 3 is 3.00 bits per heavy atom. The van der Waals surface area contributed by atoms with E-state index >= 15 is 0 Å². The number of carbonyl (C=O) groups excluding carboxylic acids is 1. The molecule has 0 saturated carbocycles. The molecule has 0 spiro atoms. The fraction of sp³-hybridized carbons (Fsp3) is 0.188. The molecule has 2 aromatic heterocycles. The molecular formula is C16H13ClN4OS. The lowest BCUT2D eigenvalue weighted by Gasteiger charge is -2.27. The van der Waals surface area contributed by atoms with Gasteiger partial charge in [0.05, 0.1) is 10.7 Å². The molecule has 0 unspecified atom stereocenters. The molecule has 1 aromatic carbocycles. The van der Waals surface area contributed by atoms with Crippen molar-refractivity contribution >= 4 is 44.9 Å². The van der Waals surface area contributed by atoms with Crippen molar-refractivity contribution in [2.75, 3.05) is 12.3 Å². The molecule has 116 valence electrons. The number of amides is 1. The lowest BCUT2D eigenvalue weighted by molar-refractivity contribution is 0.0738. The quantitative estimate of drug-likeness (QED) is 0.736. The van der Waals surface area contributed by atoms with E-state index in [0.717, 1.165) is 21.3 Å². The van der Waals surface area contributed by atoms with Crippen LogP contribution in [0.2, 0.25) is 5.02 Å². The van der Waals surface area contributed by atoms with E-state index in [-0.39, 0.29) is 11.9 Å². The van der Waals surface area contributed by atoms with Gasteiger partial charge >= 0.3 is 0 Å². The molecule has 7 heteroatoms. The van der Waals surface area contributed by atoms with Crippen LogP contribution in [0, 0.1) is 0 Å². The summed E-state index contributed by atoms with van der Waals surface area (Å²) in [4.78, 5) is 23.5. The lowest BCUT2D eigenvalue weighted by atomic mass is 10.1. The van der Waals surface area contributed by atoms with Crippen LogP contribution in [0.5, 0.6) is 0 Å². The normalized spacial score (nSPS) is 14.0. The molecule has 0 bridgehead atoms. The second kappa shape index (κ2) is 5.47. The standard InChI is InChI=1S/C16H13ClN4OS/c17-13-10-3-1-2-4-12(10)23-14(13)15(22)21-6-5-11-9(8-21)7-19-16(18)20-11/h1-4,7H,5-6,8H2,(H2,18,19,20). The summed E-state index contributed by atoms with van der Waals surface area (Å²) in [6.07, 6.45) is 2.37. The first-order valence-corrected chi connectivity index (χ1v) is 8.39. The van der Waals surface area contributed by atoms with Crippen molar-refractivity contribution in [1.82, 2.24) is 14.9 Å². The van der Waals surface area contributed by atoms with E-state index < -0.39 is 0 Å². The average molecular weight is 345 g/mol. The molecule has 4 rings (SSSR count). The highest BCUT2D eigenvalue weighted by Crippen LogP contribution is 2.36. The fourth-order valence-corrected chi connectivity index (χ4v) is 4.28. The summed E-state index contributed by atoms with van der Waals surface area (Å²) >= 11 is 7.85. The fourth-order valence-electron chi connectivity index (χ4n) is 2.80. The van der Waals surface area contributed by atoms with E-state index in [1.807, 2.05) is 24.3 Å². The minimum absolute atomic E-state index is 0.0429. The highest BCUT2D eigenvalue weighted by atomic mass is 35.5. The van der Waals surface area contributed by atoms with Crippen LogP contribution in [-0.2, 0) is 13.0 Å². The van der Waals surface area contributed by atoms with Gasteiger partial charge in [-0.1, -0.05) is 29.8 Å². The molecule has 5 nitrogen and oxygen atoms in total. The van der Waals surface area contributed by atoms with Crippen LogP contribution in [-0.4, -0.2) is 27.3 Å². The third kappa shape index (κ3) is 2.44. The van der Waals surface area contributed by atoms with Crippen molar-refractivity contribution in [3.05, 3.63) is 51.6 Å². The topological polar surface area (TPSA) is 72.1 Å². The molecule has 0 saturated heterocycles. The summed E-state index contributed by atoms with van der Waals surface area (Å²) in [5.41, 5.74) is 7.47. The van der Waals surface area contributed by atoms with Crippen LogP contribution < -0.4 is 5.73 Å². The van der Waals surface area contributed by atoms with Crippen LogP contribution in [0.1, 0.15) is 20.9 Å². The zero-order valence-corrected chi connectivity index (χ0v) is 13.7. The number of rotatable bonds is 1. The maximum Gasteiger partial charge on any atom is 0.265 e. The van der Waals surface area contributed by atoms with Gasteiger partial charge in [-0.25, -0.2) is 9.97 Å². The van der Waals surface area contributed by atoms with Gasteiger partial charge in [0.15, 0.2) is 0 Å². The first-order chi connectivity index (χ1) is 11.1. The van der Waals surface area contributed by atoms with Crippen molar-refractivity contribution in [1.29, 1.82) is 0 Å². The number of carbonyl (C=O) groups is 1. The molecule has 2 N–H and O–H groups in total. The number of nitrogen functional groups attached to an aromatic ring is 1. The zero-order valence-electron chi connectivity index (χ0n) is 12.1. The van der Waals surface area contributed by atoms with Gasteiger partial charge in [0.2, 0.25) is 5.95 Å². The van der Waals surface area contributed by atoms with Gasteiger partial charge in [0.25, 0.3) is 5.91 Å². The third-order valence-corrected chi connectivity index (χ3v) is 5.63. The van der Waals surface area contributed by atoms with Crippen LogP contribution in [0.15, 0.2) is 30.5 Å². The second-order valence-electron chi connectivity index (χ2n) is 5.42. The van der Waals surface area contributed by atoms with Crippen LogP contribution in [0.25, 0.3) is 10.1 Å². The van der Waals surface area contributed by atoms with Crippen molar-refractivity contribution in [2.24, 2.45) is 0 Å². The molecule has 1 amide bonds. The number of thiophene rings is 1. The average Bonchev–Trinajstić information content (AvgIpc) is 2.91. The van der Waals surface area contributed by atoms with E-state index in [0.29, 0.717) is 29.4 Å². The Labute approximate surface area is 141 Å². The van der Waals surface area contributed by atoms with Gasteiger partial charge < -0.3 is 10.6 Å². The number of nitrogens with two attached hydrogens (primary N) is 1. The molecule has 0 radical (unpaired) electrons. The number of benzene rings is 1. The van der Waals surface area contributed by atoms with E-state index in [4.69, 9.17) is 17.3 Å². The van der Waals surface area contributed by atoms with E-state index in [9.17, 15) is 4.79 Å². The summed E-state index contributed by atoms with van der Waals surface area (Å²) < 4.78 is 1.02. The Morgan fingerprint density at radius 1 is 1.35 bits per heavy atom. The molecule has 23 heavy (non-hydrogen) atoms. The van der Waals surface area contributed by atoms with Crippen LogP contribution in [0.3, 0.4) is 0 Å². The number of hydrogen-bond donors (Lipinski definition) is 1. The monoisotopic (exact) mass is 344 g/mol. The number of hydrogen-bond acceptors (Lipinski definition) is 5. The Kier molecular flexibility index (Phi) is 3.43. The smallest absolute Gasteiger partial charge is 0.265 e. The molecule has 3 aromatic rings. The molecule has 1 aliphatic heterocycles. The summed E-state index contributed by atoms with van der Waals surface area (Å²) in [6, 6.07) is 7.79. The Bertz CT molecular complexity index is 924. The minimum atomic E-state index is -0.0429. The van der Waals surface area contributed by atoms with Crippen molar-refractivity contribution in [3.63, 3.8) is 0 Å². The number of fused-ring (bicyclic) bond motifs is 2. The van der Waals surface area contributed by atoms with Crippen LogP contribution in [0.4, 0.5) is 5.95 Å². The first-order valence-electron chi connectivity index (χ1n) is 7.20. The second-order valence-corrected chi connectivity index (χ2v) is 6.85. The largest absolute Gasteiger partial charge is 0.368 e. The van der Waals surface area contributed by atoms with Crippen molar-refractivity contribution in [3.8, 4) is 0 Å². The summed E-state index contributed by atoms with van der Waals surface area (Å²) in [5, 5.41) is 1.46. The molecule has 3 heterocycles. The van der Waals surface area contributed by atoms with E-state index in [2.05, 4.69) is 9.97 Å². The maximum absolute atomic E-state index is 12.9.